The molecule has 2 aliphatic heterocycles. The zero-order chi connectivity index (χ0) is 16.4. The van der Waals surface area contributed by atoms with Crippen LogP contribution in [-0.2, 0) is 11.3 Å². The minimum absolute atomic E-state index is 0.0835. The SMILES string of the molecule is O=C1Cn2nnnc2C(C2CCCCC2)N1CCCN1CCCC1. The molecule has 1 atom stereocenters. The number of fused-ring (bicyclic) bond motifs is 1. The summed E-state index contributed by atoms with van der Waals surface area (Å²) in [6.45, 7) is 4.68. The van der Waals surface area contributed by atoms with E-state index in [4.69, 9.17) is 0 Å². The predicted octanol–water partition coefficient (Wildman–Crippen LogP) is 1.62. The Bertz CT molecular complexity index is 561. The second-order valence-corrected chi connectivity index (χ2v) is 7.53. The fraction of sp³-hybridized carbons (Fsp3) is 0.882. The maximum absolute atomic E-state index is 12.7. The van der Waals surface area contributed by atoms with Crippen LogP contribution in [0.25, 0.3) is 0 Å². The van der Waals surface area contributed by atoms with Crippen LogP contribution in [-0.4, -0.2) is 62.1 Å². The monoisotopic (exact) mass is 332 g/mol. The van der Waals surface area contributed by atoms with Gasteiger partial charge in [-0.25, -0.2) is 4.68 Å². The van der Waals surface area contributed by atoms with Crippen LogP contribution < -0.4 is 0 Å². The number of hydrogen-bond acceptors (Lipinski definition) is 5. The Morgan fingerprint density at radius 1 is 1.00 bits per heavy atom. The smallest absolute Gasteiger partial charge is 0.245 e. The van der Waals surface area contributed by atoms with Gasteiger partial charge in [0, 0.05) is 6.54 Å². The molecule has 24 heavy (non-hydrogen) atoms. The first-order valence-corrected chi connectivity index (χ1v) is 9.61. The van der Waals surface area contributed by atoms with Gasteiger partial charge in [0.15, 0.2) is 5.82 Å². The van der Waals surface area contributed by atoms with Gasteiger partial charge in [0.25, 0.3) is 0 Å². The van der Waals surface area contributed by atoms with Crippen LogP contribution in [0.3, 0.4) is 0 Å². The molecule has 0 bridgehead atoms. The number of rotatable bonds is 5. The molecule has 4 rings (SSSR count). The van der Waals surface area contributed by atoms with Gasteiger partial charge in [0.1, 0.15) is 6.54 Å². The maximum atomic E-state index is 12.7. The van der Waals surface area contributed by atoms with Gasteiger partial charge in [0.2, 0.25) is 5.91 Å². The summed E-state index contributed by atoms with van der Waals surface area (Å²) in [5, 5.41) is 12.1. The summed E-state index contributed by atoms with van der Waals surface area (Å²) in [6, 6.07) is 0.0835. The van der Waals surface area contributed by atoms with Crippen molar-refractivity contribution < 1.29 is 4.79 Å². The van der Waals surface area contributed by atoms with Gasteiger partial charge < -0.3 is 9.80 Å². The Hall–Kier alpha value is -1.50. The molecule has 1 saturated heterocycles. The molecule has 1 saturated carbocycles. The molecule has 1 aromatic rings. The van der Waals surface area contributed by atoms with Crippen molar-refractivity contribution in [2.45, 2.75) is 64.0 Å². The van der Waals surface area contributed by atoms with Crippen molar-refractivity contribution in [3.8, 4) is 0 Å². The number of aromatic nitrogens is 4. The summed E-state index contributed by atoms with van der Waals surface area (Å²) < 4.78 is 1.72. The van der Waals surface area contributed by atoms with E-state index in [2.05, 4.69) is 25.3 Å². The highest BCUT2D eigenvalue weighted by molar-refractivity contribution is 5.77. The van der Waals surface area contributed by atoms with Crippen LogP contribution >= 0.6 is 0 Å². The average Bonchev–Trinajstić information content (AvgIpc) is 3.27. The van der Waals surface area contributed by atoms with Crippen LogP contribution in [0.1, 0.15) is 63.2 Å². The first kappa shape index (κ1) is 16.0. The predicted molar refractivity (Wildman–Crippen MR) is 89.1 cm³/mol. The van der Waals surface area contributed by atoms with Gasteiger partial charge in [0.05, 0.1) is 6.04 Å². The molecule has 2 fully saturated rings. The van der Waals surface area contributed by atoms with Crippen molar-refractivity contribution in [1.82, 2.24) is 30.0 Å². The Labute approximate surface area is 143 Å². The third-order valence-electron chi connectivity index (χ3n) is 5.93. The number of carbonyl (C=O) groups excluding carboxylic acids is 1. The lowest BCUT2D eigenvalue weighted by molar-refractivity contribution is -0.139. The van der Waals surface area contributed by atoms with Crippen molar-refractivity contribution >= 4 is 5.91 Å². The highest BCUT2D eigenvalue weighted by Crippen LogP contribution is 2.39. The van der Waals surface area contributed by atoms with Gasteiger partial charge in [-0.3, -0.25) is 4.79 Å². The fourth-order valence-corrected chi connectivity index (χ4v) is 4.70. The molecule has 7 nitrogen and oxygen atoms in total. The van der Waals surface area contributed by atoms with Gasteiger partial charge in [-0.15, -0.1) is 5.10 Å². The summed E-state index contributed by atoms with van der Waals surface area (Å²) in [5.41, 5.74) is 0. The Morgan fingerprint density at radius 3 is 2.58 bits per heavy atom. The van der Waals surface area contributed by atoms with Gasteiger partial charge in [-0.2, -0.15) is 0 Å². The van der Waals surface area contributed by atoms with E-state index in [1.807, 2.05) is 0 Å². The van der Waals surface area contributed by atoms with Gasteiger partial charge in [-0.1, -0.05) is 19.3 Å². The van der Waals surface area contributed by atoms with Crippen molar-refractivity contribution in [2.75, 3.05) is 26.2 Å². The minimum atomic E-state index is 0.0835. The Balaban J connectivity index is 1.47. The molecule has 7 heteroatoms. The second kappa shape index (κ2) is 7.17. The Morgan fingerprint density at radius 2 is 1.79 bits per heavy atom. The van der Waals surface area contributed by atoms with Crippen molar-refractivity contribution in [3.05, 3.63) is 5.82 Å². The van der Waals surface area contributed by atoms with E-state index in [0.717, 1.165) is 25.3 Å². The topological polar surface area (TPSA) is 67.2 Å². The van der Waals surface area contributed by atoms with E-state index in [9.17, 15) is 4.79 Å². The first-order valence-electron chi connectivity index (χ1n) is 9.61. The van der Waals surface area contributed by atoms with E-state index in [1.165, 1.54) is 58.0 Å². The Kier molecular flexibility index (Phi) is 4.78. The molecule has 1 aliphatic carbocycles. The van der Waals surface area contributed by atoms with Gasteiger partial charge >= 0.3 is 0 Å². The first-order chi connectivity index (χ1) is 11.8. The van der Waals surface area contributed by atoms with Crippen LogP contribution in [0.2, 0.25) is 0 Å². The van der Waals surface area contributed by atoms with E-state index in [1.54, 1.807) is 4.68 Å². The molecule has 1 amide bonds. The molecule has 1 unspecified atom stereocenters. The second-order valence-electron chi connectivity index (χ2n) is 7.53. The fourth-order valence-electron chi connectivity index (χ4n) is 4.70. The zero-order valence-electron chi connectivity index (χ0n) is 14.4. The number of likely N-dealkylation sites (tertiary alicyclic amines) is 1. The van der Waals surface area contributed by atoms with Crippen molar-refractivity contribution in [2.24, 2.45) is 5.92 Å². The molecule has 3 heterocycles. The zero-order valence-corrected chi connectivity index (χ0v) is 14.4. The third-order valence-corrected chi connectivity index (χ3v) is 5.93. The van der Waals surface area contributed by atoms with Crippen LogP contribution in [0, 0.1) is 5.92 Å². The summed E-state index contributed by atoms with van der Waals surface area (Å²) in [4.78, 5) is 17.3. The molecule has 0 radical (unpaired) electrons. The lowest BCUT2D eigenvalue weighted by Crippen LogP contribution is -2.47. The summed E-state index contributed by atoms with van der Waals surface area (Å²) in [7, 11) is 0. The number of nitrogens with zero attached hydrogens (tertiary/aromatic N) is 6. The summed E-state index contributed by atoms with van der Waals surface area (Å²) in [6.07, 6.45) is 9.91. The number of tetrazole rings is 1. The van der Waals surface area contributed by atoms with E-state index < -0.39 is 0 Å². The van der Waals surface area contributed by atoms with Gasteiger partial charge in [-0.05, 0) is 68.1 Å². The average molecular weight is 332 g/mol. The van der Waals surface area contributed by atoms with Crippen LogP contribution in [0.4, 0.5) is 0 Å². The molecule has 0 N–H and O–H groups in total. The summed E-state index contributed by atoms with van der Waals surface area (Å²) in [5.74, 6) is 1.61. The molecule has 0 spiro atoms. The highest BCUT2D eigenvalue weighted by atomic mass is 16.2. The molecular formula is C17H28N6O. The number of amides is 1. The standard InChI is InChI=1S/C17H28N6O/c24-15-13-23-17(18-19-20-23)16(14-7-2-1-3-8-14)22(15)12-6-11-21-9-4-5-10-21/h14,16H,1-13H2. The van der Waals surface area contributed by atoms with Crippen molar-refractivity contribution in [1.29, 1.82) is 0 Å². The molecule has 1 aromatic heterocycles. The third kappa shape index (κ3) is 3.18. The van der Waals surface area contributed by atoms with Crippen LogP contribution in [0.15, 0.2) is 0 Å². The molecule has 0 aromatic carbocycles. The normalized spacial score (nSPS) is 26.1. The molecule has 3 aliphatic rings. The van der Waals surface area contributed by atoms with E-state index in [0.29, 0.717) is 12.5 Å². The lowest BCUT2D eigenvalue weighted by atomic mass is 9.82. The van der Waals surface area contributed by atoms with E-state index in [-0.39, 0.29) is 11.9 Å². The number of carbonyl (C=O) groups is 1. The number of hydrogen-bond donors (Lipinski definition) is 0. The highest BCUT2D eigenvalue weighted by Gasteiger charge is 2.40. The summed E-state index contributed by atoms with van der Waals surface area (Å²) >= 11 is 0. The van der Waals surface area contributed by atoms with E-state index >= 15 is 0 Å². The quantitative estimate of drug-likeness (QED) is 0.820. The van der Waals surface area contributed by atoms with Crippen LogP contribution in [0.5, 0.6) is 0 Å². The molecular weight excluding hydrogens is 304 g/mol. The lowest BCUT2D eigenvalue weighted by Gasteiger charge is -2.40. The maximum Gasteiger partial charge on any atom is 0.245 e. The molecule has 132 valence electrons. The largest absolute Gasteiger partial charge is 0.330 e. The minimum Gasteiger partial charge on any atom is -0.330 e. The van der Waals surface area contributed by atoms with Crippen molar-refractivity contribution in [3.63, 3.8) is 0 Å².